The lowest BCUT2D eigenvalue weighted by Crippen LogP contribution is -2.33. The van der Waals surface area contributed by atoms with Gasteiger partial charge in [0, 0.05) is 13.1 Å². The van der Waals surface area contributed by atoms with E-state index in [1.54, 1.807) is 4.31 Å². The highest BCUT2D eigenvalue weighted by Crippen LogP contribution is 2.36. The molecule has 3 nitrogen and oxygen atoms in total. The molecule has 1 saturated heterocycles. The van der Waals surface area contributed by atoms with E-state index in [4.69, 9.17) is 11.6 Å². The van der Waals surface area contributed by atoms with E-state index in [2.05, 4.69) is 15.9 Å². The molecule has 0 aromatic carbocycles. The zero-order valence-electron chi connectivity index (χ0n) is 9.86. The maximum Gasteiger partial charge on any atom is 0.252 e. The van der Waals surface area contributed by atoms with Crippen LogP contribution in [0.4, 0.5) is 0 Å². The van der Waals surface area contributed by atoms with Crippen molar-refractivity contribution in [1.29, 1.82) is 0 Å². The highest BCUT2D eigenvalue weighted by molar-refractivity contribution is 9.11. The van der Waals surface area contributed by atoms with Crippen LogP contribution < -0.4 is 0 Å². The zero-order valence-corrected chi connectivity index (χ0v) is 13.8. The van der Waals surface area contributed by atoms with Gasteiger partial charge in [-0.05, 0) is 34.8 Å². The Morgan fingerprint density at radius 3 is 2.22 bits per heavy atom. The highest BCUT2D eigenvalue weighted by atomic mass is 79.9. The third-order valence-corrected chi connectivity index (χ3v) is 7.85. The SMILES string of the molecule is O=S(=O)(c1cc(Cl)c(Br)s1)N1CCCCCCC1. The number of sulfonamides is 1. The quantitative estimate of drug-likeness (QED) is 0.783. The Morgan fingerprint density at radius 2 is 1.72 bits per heavy atom. The Hall–Kier alpha value is 0.380. The summed E-state index contributed by atoms with van der Waals surface area (Å²) in [5.41, 5.74) is 0. The van der Waals surface area contributed by atoms with Crippen molar-refractivity contribution in [3.8, 4) is 0 Å². The maximum atomic E-state index is 12.5. The van der Waals surface area contributed by atoms with Crippen molar-refractivity contribution in [2.45, 2.75) is 36.3 Å². The number of nitrogens with zero attached hydrogens (tertiary/aromatic N) is 1. The van der Waals surface area contributed by atoms with E-state index < -0.39 is 10.0 Å². The zero-order chi connectivity index (χ0) is 13.2. The molecule has 0 radical (unpaired) electrons. The van der Waals surface area contributed by atoms with Crippen LogP contribution in [0.3, 0.4) is 0 Å². The minimum absolute atomic E-state index is 0.333. The molecule has 0 saturated carbocycles. The summed E-state index contributed by atoms with van der Waals surface area (Å²) in [5.74, 6) is 0. The molecule has 0 amide bonds. The first kappa shape index (κ1) is 14.8. The summed E-state index contributed by atoms with van der Waals surface area (Å²) in [4.78, 5) is 0. The maximum absolute atomic E-state index is 12.5. The van der Waals surface area contributed by atoms with Crippen LogP contribution >= 0.6 is 38.9 Å². The van der Waals surface area contributed by atoms with Crippen LogP contribution in [0.25, 0.3) is 0 Å². The van der Waals surface area contributed by atoms with Crippen LogP contribution in [0.2, 0.25) is 5.02 Å². The van der Waals surface area contributed by atoms with E-state index in [9.17, 15) is 8.42 Å². The molecule has 1 aliphatic heterocycles. The van der Waals surface area contributed by atoms with Crippen molar-refractivity contribution in [3.63, 3.8) is 0 Å². The second-order valence-corrected chi connectivity index (χ2v) is 9.30. The molecule has 0 bridgehead atoms. The third kappa shape index (κ3) is 3.28. The summed E-state index contributed by atoms with van der Waals surface area (Å²) in [6.45, 7) is 1.24. The van der Waals surface area contributed by atoms with Crippen LogP contribution in [0.5, 0.6) is 0 Å². The monoisotopic (exact) mass is 371 g/mol. The van der Waals surface area contributed by atoms with Crippen molar-refractivity contribution < 1.29 is 8.42 Å². The van der Waals surface area contributed by atoms with Gasteiger partial charge in [0.15, 0.2) is 0 Å². The van der Waals surface area contributed by atoms with Gasteiger partial charge in [-0.2, -0.15) is 4.31 Å². The predicted octanol–water partition coefficient (Wildman–Crippen LogP) is 4.12. The Balaban J connectivity index is 2.23. The lowest BCUT2D eigenvalue weighted by Gasteiger charge is -2.23. The lowest BCUT2D eigenvalue weighted by atomic mass is 10.1. The number of hydrogen-bond donors (Lipinski definition) is 0. The molecule has 18 heavy (non-hydrogen) atoms. The van der Waals surface area contributed by atoms with Gasteiger partial charge in [0.05, 0.1) is 8.81 Å². The molecular formula is C11H15BrClNO2S2. The van der Waals surface area contributed by atoms with Gasteiger partial charge in [0.2, 0.25) is 0 Å². The Morgan fingerprint density at radius 1 is 1.17 bits per heavy atom. The number of halogens is 2. The predicted molar refractivity (Wildman–Crippen MR) is 78.9 cm³/mol. The van der Waals surface area contributed by atoms with Gasteiger partial charge < -0.3 is 0 Å². The van der Waals surface area contributed by atoms with Crippen molar-refractivity contribution >= 4 is 48.9 Å². The molecule has 1 aromatic heterocycles. The number of rotatable bonds is 2. The molecule has 0 aliphatic carbocycles. The fourth-order valence-corrected chi connectivity index (χ4v) is 6.11. The van der Waals surface area contributed by atoms with Gasteiger partial charge in [-0.1, -0.05) is 30.9 Å². The highest BCUT2D eigenvalue weighted by Gasteiger charge is 2.27. The fraction of sp³-hybridized carbons (Fsp3) is 0.636. The van der Waals surface area contributed by atoms with E-state index in [1.807, 2.05) is 0 Å². The normalized spacial score (nSPS) is 19.4. The Bertz CT molecular complexity index is 488. The average molecular weight is 373 g/mol. The van der Waals surface area contributed by atoms with Gasteiger partial charge in [0.1, 0.15) is 4.21 Å². The smallest absolute Gasteiger partial charge is 0.206 e. The molecular weight excluding hydrogens is 358 g/mol. The van der Waals surface area contributed by atoms with Crippen molar-refractivity contribution in [1.82, 2.24) is 4.31 Å². The third-order valence-electron chi connectivity index (χ3n) is 3.03. The molecule has 0 atom stereocenters. The Labute approximate surface area is 125 Å². The van der Waals surface area contributed by atoms with Gasteiger partial charge >= 0.3 is 0 Å². The van der Waals surface area contributed by atoms with E-state index >= 15 is 0 Å². The van der Waals surface area contributed by atoms with Crippen molar-refractivity contribution in [2.75, 3.05) is 13.1 Å². The summed E-state index contributed by atoms with van der Waals surface area (Å²) in [7, 11) is -3.37. The molecule has 0 N–H and O–H groups in total. The fourth-order valence-electron chi connectivity index (χ4n) is 2.04. The average Bonchev–Trinajstić information content (AvgIpc) is 2.58. The first-order valence-electron chi connectivity index (χ1n) is 5.97. The van der Waals surface area contributed by atoms with E-state index in [1.165, 1.54) is 23.8 Å². The van der Waals surface area contributed by atoms with Gasteiger partial charge in [-0.15, -0.1) is 11.3 Å². The first-order chi connectivity index (χ1) is 8.51. The van der Waals surface area contributed by atoms with Crippen LogP contribution in [-0.2, 0) is 10.0 Å². The summed E-state index contributed by atoms with van der Waals surface area (Å²) in [6.07, 6.45) is 5.32. The molecule has 0 unspecified atom stereocenters. The van der Waals surface area contributed by atoms with Crippen LogP contribution in [0.15, 0.2) is 14.1 Å². The van der Waals surface area contributed by atoms with E-state index in [0.29, 0.717) is 26.1 Å². The summed E-state index contributed by atoms with van der Waals surface area (Å²) >= 11 is 10.4. The molecule has 1 aliphatic rings. The Kier molecular flexibility index (Phi) is 5.11. The second-order valence-electron chi connectivity index (χ2n) is 4.36. The van der Waals surface area contributed by atoms with Crippen LogP contribution in [-0.4, -0.2) is 25.8 Å². The molecule has 2 heterocycles. The van der Waals surface area contributed by atoms with Gasteiger partial charge in [-0.25, -0.2) is 8.42 Å². The first-order valence-corrected chi connectivity index (χ1v) is 9.39. The topological polar surface area (TPSA) is 37.4 Å². The standard InChI is InChI=1S/C11H15BrClNO2S2/c12-11-9(13)8-10(17-11)18(15,16)14-6-4-2-1-3-5-7-14/h8H,1-7H2. The van der Waals surface area contributed by atoms with Gasteiger partial charge in [-0.3, -0.25) is 0 Å². The minimum Gasteiger partial charge on any atom is -0.206 e. The van der Waals surface area contributed by atoms with Gasteiger partial charge in [0.25, 0.3) is 10.0 Å². The molecule has 2 rings (SSSR count). The number of hydrogen-bond acceptors (Lipinski definition) is 3. The number of thiophene rings is 1. The van der Waals surface area contributed by atoms with E-state index in [-0.39, 0.29) is 0 Å². The molecule has 1 aromatic rings. The molecule has 102 valence electrons. The van der Waals surface area contributed by atoms with Crippen LogP contribution in [0, 0.1) is 0 Å². The summed E-state index contributed by atoms with van der Waals surface area (Å²) in [6, 6.07) is 1.53. The molecule has 7 heteroatoms. The van der Waals surface area contributed by atoms with Crippen molar-refractivity contribution in [3.05, 3.63) is 14.9 Å². The minimum atomic E-state index is -3.37. The largest absolute Gasteiger partial charge is 0.252 e. The van der Waals surface area contributed by atoms with E-state index in [0.717, 1.165) is 25.7 Å². The molecule has 0 spiro atoms. The van der Waals surface area contributed by atoms with Crippen molar-refractivity contribution in [2.24, 2.45) is 0 Å². The van der Waals surface area contributed by atoms with Crippen LogP contribution in [0.1, 0.15) is 32.1 Å². The second kappa shape index (κ2) is 6.22. The summed E-state index contributed by atoms with van der Waals surface area (Å²) < 4.78 is 27.6. The summed E-state index contributed by atoms with van der Waals surface area (Å²) in [5, 5.41) is 0.464. The molecule has 1 fully saturated rings. The lowest BCUT2D eigenvalue weighted by molar-refractivity contribution is 0.365.